The maximum atomic E-state index is 6.05. The molecule has 2 rings (SSSR count). The van der Waals surface area contributed by atoms with Gasteiger partial charge in [-0.2, -0.15) is 0 Å². The Hall–Kier alpha value is -0.840. The SMILES string of the molecule is Cc1cccc(CNC(C)C)c1OCc1ccc(Br)s1. The number of nitrogens with one attached hydrogen (secondary N) is 1. The summed E-state index contributed by atoms with van der Waals surface area (Å²) in [5.74, 6) is 1.00. The highest BCUT2D eigenvalue weighted by atomic mass is 79.9. The van der Waals surface area contributed by atoms with E-state index in [4.69, 9.17) is 4.74 Å². The highest BCUT2D eigenvalue weighted by Crippen LogP contribution is 2.27. The van der Waals surface area contributed by atoms with Crippen LogP contribution in [0.5, 0.6) is 5.75 Å². The molecule has 0 unspecified atom stereocenters. The maximum Gasteiger partial charge on any atom is 0.127 e. The smallest absolute Gasteiger partial charge is 0.127 e. The van der Waals surface area contributed by atoms with Gasteiger partial charge in [-0.15, -0.1) is 11.3 Å². The summed E-state index contributed by atoms with van der Waals surface area (Å²) < 4.78 is 7.19. The Bertz CT molecular complexity index is 565. The third kappa shape index (κ3) is 4.33. The summed E-state index contributed by atoms with van der Waals surface area (Å²) in [7, 11) is 0. The molecule has 0 saturated heterocycles. The van der Waals surface area contributed by atoms with Crippen LogP contribution in [0, 0.1) is 6.92 Å². The molecule has 20 heavy (non-hydrogen) atoms. The van der Waals surface area contributed by atoms with Crippen LogP contribution in [0.2, 0.25) is 0 Å². The highest BCUT2D eigenvalue weighted by Gasteiger charge is 2.08. The van der Waals surface area contributed by atoms with Crippen molar-refractivity contribution in [3.63, 3.8) is 0 Å². The second kappa shape index (κ2) is 7.25. The zero-order valence-electron chi connectivity index (χ0n) is 12.1. The molecule has 2 aromatic rings. The molecule has 108 valence electrons. The minimum atomic E-state index is 0.469. The van der Waals surface area contributed by atoms with Crippen molar-refractivity contribution >= 4 is 27.3 Å². The monoisotopic (exact) mass is 353 g/mol. The van der Waals surface area contributed by atoms with E-state index in [1.807, 2.05) is 0 Å². The number of halogens is 1. The lowest BCUT2D eigenvalue weighted by atomic mass is 10.1. The Labute approximate surface area is 133 Å². The molecular weight excluding hydrogens is 334 g/mol. The van der Waals surface area contributed by atoms with Crippen molar-refractivity contribution < 1.29 is 4.74 Å². The number of hydrogen-bond donors (Lipinski definition) is 1. The van der Waals surface area contributed by atoms with Gasteiger partial charge in [0.05, 0.1) is 3.79 Å². The van der Waals surface area contributed by atoms with Gasteiger partial charge in [-0.1, -0.05) is 32.0 Å². The van der Waals surface area contributed by atoms with Gasteiger partial charge in [0.15, 0.2) is 0 Å². The van der Waals surface area contributed by atoms with Crippen LogP contribution in [-0.2, 0) is 13.2 Å². The molecule has 0 atom stereocenters. The summed E-state index contributed by atoms with van der Waals surface area (Å²) >= 11 is 5.19. The quantitative estimate of drug-likeness (QED) is 0.797. The van der Waals surface area contributed by atoms with Crippen molar-refractivity contribution in [2.24, 2.45) is 0 Å². The number of aryl methyl sites for hydroxylation is 1. The van der Waals surface area contributed by atoms with Gasteiger partial charge in [0.2, 0.25) is 0 Å². The Kier molecular flexibility index (Phi) is 5.64. The van der Waals surface area contributed by atoms with E-state index in [1.54, 1.807) is 11.3 Å². The van der Waals surface area contributed by atoms with Gasteiger partial charge < -0.3 is 10.1 Å². The molecule has 0 aliphatic carbocycles. The molecule has 2 nitrogen and oxygen atoms in total. The third-order valence-electron chi connectivity index (χ3n) is 2.98. The maximum absolute atomic E-state index is 6.05. The van der Waals surface area contributed by atoms with Gasteiger partial charge >= 0.3 is 0 Å². The normalized spacial score (nSPS) is 11.1. The first-order valence-corrected chi connectivity index (χ1v) is 8.36. The Morgan fingerprint density at radius 2 is 2.05 bits per heavy atom. The molecule has 0 bridgehead atoms. The summed E-state index contributed by atoms with van der Waals surface area (Å²) in [5, 5.41) is 3.45. The van der Waals surface area contributed by atoms with Crippen LogP contribution in [0.3, 0.4) is 0 Å². The Morgan fingerprint density at radius 1 is 1.25 bits per heavy atom. The summed E-state index contributed by atoms with van der Waals surface area (Å²) in [6.07, 6.45) is 0. The third-order valence-corrected chi connectivity index (χ3v) is 4.58. The van der Waals surface area contributed by atoms with Crippen molar-refractivity contribution in [2.45, 2.75) is 40.0 Å². The van der Waals surface area contributed by atoms with Crippen LogP contribution < -0.4 is 10.1 Å². The number of ether oxygens (including phenoxy) is 1. The molecule has 1 aromatic carbocycles. The average molecular weight is 354 g/mol. The van der Waals surface area contributed by atoms with E-state index in [9.17, 15) is 0 Å². The fraction of sp³-hybridized carbons (Fsp3) is 0.375. The Morgan fingerprint density at radius 3 is 2.70 bits per heavy atom. The lowest BCUT2D eigenvalue weighted by Crippen LogP contribution is -2.22. The second-order valence-corrected chi connectivity index (χ2v) is 7.64. The van der Waals surface area contributed by atoms with Crippen LogP contribution in [0.25, 0.3) is 0 Å². The molecule has 0 aliphatic heterocycles. The van der Waals surface area contributed by atoms with Gasteiger partial charge in [-0.05, 0) is 40.5 Å². The summed E-state index contributed by atoms with van der Waals surface area (Å²) in [6.45, 7) is 7.86. The lowest BCUT2D eigenvalue weighted by molar-refractivity contribution is 0.303. The van der Waals surface area contributed by atoms with Crippen LogP contribution in [0.15, 0.2) is 34.1 Å². The van der Waals surface area contributed by atoms with Gasteiger partial charge in [-0.3, -0.25) is 0 Å². The van der Waals surface area contributed by atoms with Crippen LogP contribution in [0.4, 0.5) is 0 Å². The molecule has 0 radical (unpaired) electrons. The van der Waals surface area contributed by atoms with E-state index >= 15 is 0 Å². The first-order valence-electron chi connectivity index (χ1n) is 6.75. The van der Waals surface area contributed by atoms with Gasteiger partial charge in [0, 0.05) is 23.0 Å². The van der Waals surface area contributed by atoms with E-state index in [0.717, 1.165) is 16.1 Å². The van der Waals surface area contributed by atoms with Crippen molar-refractivity contribution in [1.82, 2.24) is 5.32 Å². The first-order chi connectivity index (χ1) is 9.56. The predicted octanol–water partition coefficient (Wildman–Crippen LogP) is 4.90. The van der Waals surface area contributed by atoms with Gasteiger partial charge in [0.25, 0.3) is 0 Å². The molecule has 0 amide bonds. The molecule has 0 fully saturated rings. The summed E-state index contributed by atoms with van der Waals surface area (Å²) in [6, 6.07) is 10.9. The van der Waals surface area contributed by atoms with E-state index in [2.05, 4.69) is 72.3 Å². The summed E-state index contributed by atoms with van der Waals surface area (Å²) in [4.78, 5) is 1.22. The lowest BCUT2D eigenvalue weighted by Gasteiger charge is -2.15. The number of hydrogen-bond acceptors (Lipinski definition) is 3. The molecule has 0 saturated carbocycles. The van der Waals surface area contributed by atoms with Crippen molar-refractivity contribution in [1.29, 1.82) is 0 Å². The predicted molar refractivity (Wildman–Crippen MR) is 89.5 cm³/mol. The molecule has 0 spiro atoms. The number of thiophene rings is 1. The minimum absolute atomic E-state index is 0.469. The topological polar surface area (TPSA) is 21.3 Å². The van der Waals surface area contributed by atoms with Crippen molar-refractivity contribution in [2.75, 3.05) is 0 Å². The molecule has 1 heterocycles. The Balaban J connectivity index is 2.08. The first kappa shape index (κ1) is 15.5. The largest absolute Gasteiger partial charge is 0.487 e. The fourth-order valence-corrected chi connectivity index (χ4v) is 3.34. The number of para-hydroxylation sites is 1. The van der Waals surface area contributed by atoms with Crippen molar-refractivity contribution in [3.8, 4) is 5.75 Å². The molecule has 1 N–H and O–H groups in total. The zero-order chi connectivity index (χ0) is 14.5. The highest BCUT2D eigenvalue weighted by molar-refractivity contribution is 9.11. The fourth-order valence-electron chi connectivity index (χ4n) is 1.95. The molecule has 0 aliphatic rings. The van der Waals surface area contributed by atoms with E-state index in [0.29, 0.717) is 12.6 Å². The second-order valence-electron chi connectivity index (χ2n) is 5.09. The number of benzene rings is 1. The van der Waals surface area contributed by atoms with E-state index in [-0.39, 0.29) is 0 Å². The zero-order valence-corrected chi connectivity index (χ0v) is 14.5. The van der Waals surface area contributed by atoms with E-state index < -0.39 is 0 Å². The number of rotatable bonds is 6. The standard InChI is InChI=1S/C16H20BrNOS/c1-11(2)18-9-13-6-4-5-12(3)16(13)19-10-14-7-8-15(17)20-14/h4-8,11,18H,9-10H2,1-3H3. The van der Waals surface area contributed by atoms with E-state index in [1.165, 1.54) is 16.0 Å². The molecule has 4 heteroatoms. The van der Waals surface area contributed by atoms with Crippen LogP contribution in [0.1, 0.15) is 29.9 Å². The minimum Gasteiger partial charge on any atom is -0.487 e. The van der Waals surface area contributed by atoms with Gasteiger partial charge in [0.1, 0.15) is 12.4 Å². The van der Waals surface area contributed by atoms with Crippen LogP contribution in [-0.4, -0.2) is 6.04 Å². The average Bonchev–Trinajstić information content (AvgIpc) is 2.81. The van der Waals surface area contributed by atoms with Gasteiger partial charge in [-0.25, -0.2) is 0 Å². The van der Waals surface area contributed by atoms with Crippen molar-refractivity contribution in [3.05, 3.63) is 50.1 Å². The summed E-state index contributed by atoms with van der Waals surface area (Å²) in [5.41, 5.74) is 2.40. The molecule has 1 aromatic heterocycles. The van der Waals surface area contributed by atoms with Crippen LogP contribution >= 0.6 is 27.3 Å². The molecular formula is C16H20BrNOS.